The Bertz CT molecular complexity index is 345. The van der Waals surface area contributed by atoms with Crippen molar-refractivity contribution in [2.24, 2.45) is 0 Å². The summed E-state index contributed by atoms with van der Waals surface area (Å²) in [5, 5.41) is 3.72. The average molecular weight is 259 g/mol. The van der Waals surface area contributed by atoms with Crippen molar-refractivity contribution < 1.29 is 12.4 Å². The summed E-state index contributed by atoms with van der Waals surface area (Å²) in [5.74, 6) is 0. The van der Waals surface area contributed by atoms with Crippen molar-refractivity contribution >= 4 is 16.3 Å². The first-order valence-corrected chi connectivity index (χ1v) is 6.29. The molecule has 4 nitrogen and oxygen atoms in total. The molecule has 0 aliphatic carbocycles. The van der Waals surface area contributed by atoms with Crippen molar-refractivity contribution in [3.63, 3.8) is 0 Å². The predicted octanol–water partition coefficient (Wildman–Crippen LogP) is -2.25. The molecule has 0 saturated carbocycles. The largest absolute Gasteiger partial charge is 1.00 e. The van der Waals surface area contributed by atoms with Crippen LogP contribution in [-0.4, -0.2) is 54.7 Å². The Balaban J connectivity index is 0.000000810. The van der Waals surface area contributed by atoms with Crippen LogP contribution in [0.5, 0.6) is 0 Å². The second-order valence-electron chi connectivity index (χ2n) is 4.96. The van der Waals surface area contributed by atoms with E-state index in [0.29, 0.717) is 0 Å². The Kier molecular flexibility index (Phi) is 2.51. The lowest BCUT2D eigenvalue weighted by Gasteiger charge is -2.59. The lowest BCUT2D eigenvalue weighted by atomic mass is 10.3. The molecule has 4 fully saturated rings. The van der Waals surface area contributed by atoms with Gasteiger partial charge in [0.05, 0.1) is 20.0 Å². The molecule has 1 aromatic heterocycles. The zero-order chi connectivity index (χ0) is 9.88. The molecule has 88 valence electrons. The maximum absolute atomic E-state index is 2.55. The van der Waals surface area contributed by atoms with Crippen LogP contribution < -0.4 is 16.9 Å². The van der Waals surface area contributed by atoms with Crippen molar-refractivity contribution in [2.75, 3.05) is 40.0 Å². The van der Waals surface area contributed by atoms with Gasteiger partial charge in [0, 0.05) is 6.07 Å². The summed E-state index contributed by atoms with van der Waals surface area (Å²) in [6.07, 6.45) is 0. The third-order valence-electron chi connectivity index (χ3n) is 3.59. The molecule has 0 radical (unpaired) electrons. The van der Waals surface area contributed by atoms with E-state index in [4.69, 9.17) is 0 Å². The van der Waals surface area contributed by atoms with Gasteiger partial charge in [-0.3, -0.25) is 0 Å². The zero-order valence-electron chi connectivity index (χ0n) is 9.05. The fourth-order valence-electron chi connectivity index (χ4n) is 3.28. The molecule has 4 saturated heterocycles. The Morgan fingerprint density at radius 2 is 1.56 bits per heavy atom. The van der Waals surface area contributed by atoms with E-state index in [2.05, 4.69) is 32.2 Å². The Hall–Kier alpha value is -0.170. The van der Waals surface area contributed by atoms with Crippen LogP contribution in [0, 0.1) is 0 Å². The topological polar surface area (TPSA) is 9.72 Å². The molecule has 0 amide bonds. The molecular formula is C10H15ClN4S. The van der Waals surface area contributed by atoms with Crippen molar-refractivity contribution in [1.29, 1.82) is 0 Å². The van der Waals surface area contributed by atoms with E-state index >= 15 is 0 Å². The number of halogens is 1. The lowest BCUT2D eigenvalue weighted by Crippen LogP contribution is -3.00. The van der Waals surface area contributed by atoms with Crippen molar-refractivity contribution in [1.82, 2.24) is 19.2 Å². The standard InChI is InChI=1S/C10H15N4S.ClH/c1-2-10(15-3-1)14-7-11-4-12(8-14)6-13(5-11)9-14;/h1-3H,4-9H2;1H/q+1;/p-1. The predicted molar refractivity (Wildman–Crippen MR) is 60.8 cm³/mol. The molecular weight excluding hydrogens is 244 g/mol. The summed E-state index contributed by atoms with van der Waals surface area (Å²) in [6, 6.07) is 4.47. The molecule has 1 aromatic rings. The van der Waals surface area contributed by atoms with Crippen LogP contribution in [0.2, 0.25) is 0 Å². The highest BCUT2D eigenvalue weighted by molar-refractivity contribution is 7.13. The van der Waals surface area contributed by atoms with Crippen LogP contribution in [-0.2, 0) is 0 Å². The summed E-state index contributed by atoms with van der Waals surface area (Å²) in [6.45, 7) is 7.11. The average Bonchev–Trinajstić information content (AvgIpc) is 2.67. The highest BCUT2D eigenvalue weighted by Gasteiger charge is 2.50. The van der Waals surface area contributed by atoms with E-state index in [1.54, 1.807) is 0 Å². The molecule has 0 unspecified atom stereocenters. The van der Waals surface area contributed by atoms with E-state index in [-0.39, 0.29) is 12.4 Å². The minimum atomic E-state index is 0. The molecule has 4 bridgehead atoms. The normalized spacial score (nSPS) is 44.4. The van der Waals surface area contributed by atoms with Gasteiger partial charge in [-0.15, -0.1) is 0 Å². The molecule has 5 rings (SSSR count). The molecule has 4 aliphatic heterocycles. The van der Waals surface area contributed by atoms with E-state index in [1.807, 2.05) is 11.3 Å². The quantitative estimate of drug-likeness (QED) is 0.527. The highest BCUT2D eigenvalue weighted by Crippen LogP contribution is 2.37. The van der Waals surface area contributed by atoms with Gasteiger partial charge in [0.25, 0.3) is 0 Å². The molecule has 4 aliphatic rings. The Morgan fingerprint density at radius 3 is 2.00 bits per heavy atom. The van der Waals surface area contributed by atoms with Crippen LogP contribution in [0.3, 0.4) is 0 Å². The molecule has 0 atom stereocenters. The number of hydrogen-bond donors (Lipinski definition) is 0. The zero-order valence-corrected chi connectivity index (χ0v) is 10.6. The smallest absolute Gasteiger partial charge is 0.191 e. The van der Waals surface area contributed by atoms with Crippen LogP contribution in [0.4, 0.5) is 5.00 Å². The fourth-order valence-corrected chi connectivity index (χ4v) is 4.13. The van der Waals surface area contributed by atoms with Gasteiger partial charge >= 0.3 is 0 Å². The summed E-state index contributed by atoms with van der Waals surface area (Å²) < 4.78 is 1.14. The number of hydrogen-bond acceptors (Lipinski definition) is 4. The molecule has 5 heterocycles. The van der Waals surface area contributed by atoms with Crippen LogP contribution in [0.25, 0.3) is 0 Å². The fraction of sp³-hybridized carbons (Fsp3) is 0.600. The summed E-state index contributed by atoms with van der Waals surface area (Å²) in [7, 11) is 0. The van der Waals surface area contributed by atoms with E-state index in [1.165, 1.54) is 45.0 Å². The van der Waals surface area contributed by atoms with Crippen molar-refractivity contribution in [3.8, 4) is 0 Å². The first-order chi connectivity index (χ1) is 7.34. The van der Waals surface area contributed by atoms with Gasteiger partial charge in [-0.05, 0) is 11.4 Å². The minimum absolute atomic E-state index is 0. The number of quaternary nitrogens is 1. The van der Waals surface area contributed by atoms with Crippen molar-refractivity contribution in [2.45, 2.75) is 0 Å². The SMILES string of the molecule is [Cl-].c1csc([N+]23CN4CN(CN(C4)C2)C3)c1. The van der Waals surface area contributed by atoms with E-state index in [9.17, 15) is 0 Å². The molecule has 6 heteroatoms. The maximum Gasteiger partial charge on any atom is 0.191 e. The first-order valence-electron chi connectivity index (χ1n) is 5.41. The van der Waals surface area contributed by atoms with Gasteiger partial charge in [0.1, 0.15) is 20.0 Å². The van der Waals surface area contributed by atoms with Gasteiger partial charge in [0.2, 0.25) is 0 Å². The monoisotopic (exact) mass is 258 g/mol. The lowest BCUT2D eigenvalue weighted by molar-refractivity contribution is -0.188. The van der Waals surface area contributed by atoms with E-state index < -0.39 is 0 Å². The van der Waals surface area contributed by atoms with Gasteiger partial charge in [-0.2, -0.15) is 0 Å². The Morgan fingerprint density at radius 1 is 1.00 bits per heavy atom. The second-order valence-corrected chi connectivity index (χ2v) is 5.88. The second kappa shape index (κ2) is 3.66. The summed E-state index contributed by atoms with van der Waals surface area (Å²) >= 11 is 1.90. The van der Waals surface area contributed by atoms with Gasteiger partial charge in [-0.25, -0.2) is 19.2 Å². The Labute approximate surface area is 106 Å². The molecule has 0 N–H and O–H groups in total. The van der Waals surface area contributed by atoms with Gasteiger partial charge in [0.15, 0.2) is 5.00 Å². The third-order valence-corrected chi connectivity index (χ3v) is 4.64. The number of nitrogens with zero attached hydrogens (tertiary/aromatic N) is 4. The van der Waals surface area contributed by atoms with Gasteiger partial charge in [-0.1, -0.05) is 11.3 Å². The van der Waals surface area contributed by atoms with E-state index in [0.717, 1.165) is 4.48 Å². The minimum Gasteiger partial charge on any atom is -1.00 e. The maximum atomic E-state index is 2.55. The van der Waals surface area contributed by atoms with Crippen LogP contribution in [0.1, 0.15) is 0 Å². The molecule has 16 heavy (non-hydrogen) atoms. The summed E-state index contributed by atoms with van der Waals surface area (Å²) in [5.41, 5.74) is 0. The van der Waals surface area contributed by atoms with Crippen LogP contribution >= 0.6 is 11.3 Å². The van der Waals surface area contributed by atoms with Crippen molar-refractivity contribution in [3.05, 3.63) is 17.5 Å². The molecule has 0 spiro atoms. The molecule has 0 aromatic carbocycles. The summed E-state index contributed by atoms with van der Waals surface area (Å²) in [4.78, 5) is 7.66. The first kappa shape index (κ1) is 11.0. The third kappa shape index (κ3) is 1.44. The number of rotatable bonds is 1. The van der Waals surface area contributed by atoms with Crippen LogP contribution in [0.15, 0.2) is 17.5 Å². The number of thiophene rings is 1. The van der Waals surface area contributed by atoms with Gasteiger partial charge < -0.3 is 12.4 Å². The highest BCUT2D eigenvalue weighted by atomic mass is 35.5.